The summed E-state index contributed by atoms with van der Waals surface area (Å²) >= 11 is 0. The van der Waals surface area contributed by atoms with Crippen molar-refractivity contribution in [1.29, 1.82) is 0 Å². The van der Waals surface area contributed by atoms with Crippen molar-refractivity contribution in [3.8, 4) is 5.75 Å². The highest BCUT2D eigenvalue weighted by Gasteiger charge is 2.06. The molecule has 0 fully saturated rings. The second-order valence-corrected chi connectivity index (χ2v) is 5.65. The Balaban J connectivity index is 1.76. The maximum atomic E-state index is 9.59. The highest BCUT2D eigenvalue weighted by atomic mass is 16.3. The number of nitrogens with zero attached hydrogens (tertiary/aromatic N) is 1. The van der Waals surface area contributed by atoms with Crippen LogP contribution in [0.2, 0.25) is 0 Å². The zero-order chi connectivity index (χ0) is 15.4. The van der Waals surface area contributed by atoms with Gasteiger partial charge in [0.05, 0.1) is 0 Å². The Morgan fingerprint density at radius 1 is 0.773 bits per heavy atom. The van der Waals surface area contributed by atoms with Crippen LogP contribution < -0.4 is 0 Å². The minimum Gasteiger partial charge on any atom is -0.508 e. The molecule has 3 aromatic rings. The second-order valence-electron chi connectivity index (χ2n) is 5.65. The molecule has 0 saturated heterocycles. The number of phenols is 1. The molecule has 0 unspecified atom stereocenters. The number of aromatic hydroxyl groups is 1. The van der Waals surface area contributed by atoms with Crippen LogP contribution in [-0.4, -0.2) is 16.6 Å². The van der Waals surface area contributed by atoms with Crippen molar-refractivity contribution in [2.75, 3.05) is 6.54 Å². The van der Waals surface area contributed by atoms with Gasteiger partial charge in [0.15, 0.2) is 0 Å². The molecule has 22 heavy (non-hydrogen) atoms. The summed E-state index contributed by atoms with van der Waals surface area (Å²) in [5.41, 5.74) is 2.46. The van der Waals surface area contributed by atoms with Gasteiger partial charge in [-0.3, -0.25) is 4.90 Å². The van der Waals surface area contributed by atoms with Crippen LogP contribution in [0, 0.1) is 0 Å². The summed E-state index contributed by atoms with van der Waals surface area (Å²) in [6.07, 6.45) is 0. The van der Waals surface area contributed by atoms with Gasteiger partial charge >= 0.3 is 0 Å². The van der Waals surface area contributed by atoms with E-state index in [1.807, 2.05) is 12.1 Å². The van der Waals surface area contributed by atoms with Crippen LogP contribution >= 0.6 is 0 Å². The number of fused-ring (bicyclic) bond motifs is 1. The van der Waals surface area contributed by atoms with E-state index < -0.39 is 0 Å². The van der Waals surface area contributed by atoms with E-state index in [2.05, 4.69) is 60.4 Å². The third-order valence-electron chi connectivity index (χ3n) is 3.98. The van der Waals surface area contributed by atoms with Crippen molar-refractivity contribution in [2.24, 2.45) is 0 Å². The lowest BCUT2D eigenvalue weighted by Gasteiger charge is -2.21. The molecule has 0 aromatic heterocycles. The van der Waals surface area contributed by atoms with Gasteiger partial charge in [0.25, 0.3) is 0 Å². The average molecular weight is 291 g/mol. The van der Waals surface area contributed by atoms with Gasteiger partial charge in [-0.15, -0.1) is 0 Å². The fraction of sp³-hybridized carbons (Fsp3) is 0.200. The first-order valence-corrected chi connectivity index (χ1v) is 7.72. The average Bonchev–Trinajstić information content (AvgIpc) is 2.54. The number of hydrogen-bond acceptors (Lipinski definition) is 2. The van der Waals surface area contributed by atoms with Crippen LogP contribution in [0.3, 0.4) is 0 Å². The molecule has 3 aromatic carbocycles. The fourth-order valence-electron chi connectivity index (χ4n) is 2.79. The van der Waals surface area contributed by atoms with Gasteiger partial charge in [0, 0.05) is 13.1 Å². The Hall–Kier alpha value is -2.32. The normalized spacial score (nSPS) is 11.2. The van der Waals surface area contributed by atoms with E-state index in [0.29, 0.717) is 5.75 Å². The SMILES string of the molecule is CCN(Cc1cccc(O)c1)Cc1ccc2ccccc2c1. The maximum Gasteiger partial charge on any atom is 0.115 e. The zero-order valence-electron chi connectivity index (χ0n) is 12.9. The largest absolute Gasteiger partial charge is 0.508 e. The molecule has 0 radical (unpaired) electrons. The number of phenolic OH excluding ortho intramolecular Hbond substituents is 1. The smallest absolute Gasteiger partial charge is 0.115 e. The lowest BCUT2D eigenvalue weighted by atomic mass is 10.1. The maximum absolute atomic E-state index is 9.59. The van der Waals surface area contributed by atoms with E-state index in [1.165, 1.54) is 16.3 Å². The second kappa shape index (κ2) is 6.63. The topological polar surface area (TPSA) is 23.5 Å². The van der Waals surface area contributed by atoms with Crippen LogP contribution in [0.1, 0.15) is 18.1 Å². The van der Waals surface area contributed by atoms with Crippen LogP contribution in [-0.2, 0) is 13.1 Å². The van der Waals surface area contributed by atoms with Gasteiger partial charge in [-0.05, 0) is 46.6 Å². The minimum atomic E-state index is 0.333. The number of benzene rings is 3. The summed E-state index contributed by atoms with van der Waals surface area (Å²) in [5, 5.41) is 12.2. The van der Waals surface area contributed by atoms with Crippen molar-refractivity contribution in [3.63, 3.8) is 0 Å². The van der Waals surface area contributed by atoms with Crippen LogP contribution in [0.25, 0.3) is 10.8 Å². The van der Waals surface area contributed by atoms with E-state index in [4.69, 9.17) is 0 Å². The third kappa shape index (κ3) is 3.46. The van der Waals surface area contributed by atoms with Gasteiger partial charge in [-0.25, -0.2) is 0 Å². The Bertz CT molecular complexity index is 766. The van der Waals surface area contributed by atoms with E-state index in [-0.39, 0.29) is 0 Å². The lowest BCUT2D eigenvalue weighted by molar-refractivity contribution is 0.271. The van der Waals surface area contributed by atoms with E-state index in [1.54, 1.807) is 6.07 Å². The monoisotopic (exact) mass is 291 g/mol. The van der Waals surface area contributed by atoms with Crippen LogP contribution in [0.15, 0.2) is 66.7 Å². The van der Waals surface area contributed by atoms with Gasteiger partial charge in [0.2, 0.25) is 0 Å². The summed E-state index contributed by atoms with van der Waals surface area (Å²) in [6, 6.07) is 22.6. The molecule has 0 atom stereocenters. The van der Waals surface area contributed by atoms with Crippen LogP contribution in [0.4, 0.5) is 0 Å². The van der Waals surface area contributed by atoms with E-state index in [0.717, 1.165) is 25.2 Å². The van der Waals surface area contributed by atoms with Crippen molar-refractivity contribution >= 4 is 10.8 Å². The Morgan fingerprint density at radius 2 is 1.50 bits per heavy atom. The summed E-state index contributed by atoms with van der Waals surface area (Å²) in [7, 11) is 0. The molecule has 0 heterocycles. The number of rotatable bonds is 5. The molecule has 2 nitrogen and oxygen atoms in total. The molecule has 112 valence electrons. The summed E-state index contributed by atoms with van der Waals surface area (Å²) < 4.78 is 0. The van der Waals surface area contributed by atoms with Crippen LogP contribution in [0.5, 0.6) is 5.75 Å². The van der Waals surface area contributed by atoms with E-state index >= 15 is 0 Å². The van der Waals surface area contributed by atoms with Crippen molar-refractivity contribution in [1.82, 2.24) is 4.90 Å². The molecule has 0 aliphatic carbocycles. The molecular formula is C20H21NO. The molecule has 2 heteroatoms. The first-order valence-electron chi connectivity index (χ1n) is 7.72. The van der Waals surface area contributed by atoms with Gasteiger partial charge in [0.1, 0.15) is 5.75 Å². The Morgan fingerprint density at radius 3 is 2.23 bits per heavy atom. The molecule has 0 saturated carbocycles. The molecule has 1 N–H and O–H groups in total. The summed E-state index contributed by atoms with van der Waals surface area (Å²) in [5.74, 6) is 0.333. The quantitative estimate of drug-likeness (QED) is 0.744. The first-order chi connectivity index (χ1) is 10.7. The first kappa shape index (κ1) is 14.6. The number of hydrogen-bond donors (Lipinski definition) is 1. The van der Waals surface area contributed by atoms with Crippen molar-refractivity contribution < 1.29 is 5.11 Å². The summed E-state index contributed by atoms with van der Waals surface area (Å²) in [4.78, 5) is 2.37. The van der Waals surface area contributed by atoms with Crippen molar-refractivity contribution in [3.05, 3.63) is 77.9 Å². The van der Waals surface area contributed by atoms with Gasteiger partial charge in [-0.1, -0.05) is 55.5 Å². The predicted molar refractivity (Wildman–Crippen MR) is 91.8 cm³/mol. The molecule has 0 spiro atoms. The molecule has 0 aliphatic rings. The molecule has 3 rings (SSSR count). The molecule has 0 bridgehead atoms. The predicted octanol–water partition coefficient (Wildman–Crippen LogP) is 4.57. The Labute approximate surface area is 131 Å². The van der Waals surface area contributed by atoms with E-state index in [9.17, 15) is 5.11 Å². The minimum absolute atomic E-state index is 0.333. The van der Waals surface area contributed by atoms with Crippen molar-refractivity contribution in [2.45, 2.75) is 20.0 Å². The third-order valence-corrected chi connectivity index (χ3v) is 3.98. The summed E-state index contributed by atoms with van der Waals surface area (Å²) in [6.45, 7) is 4.90. The molecule has 0 aliphatic heterocycles. The van der Waals surface area contributed by atoms with Gasteiger partial charge < -0.3 is 5.11 Å². The zero-order valence-corrected chi connectivity index (χ0v) is 12.9. The lowest BCUT2D eigenvalue weighted by Crippen LogP contribution is -2.22. The molecule has 0 amide bonds. The standard InChI is InChI=1S/C20H21NO/c1-2-21(14-16-6-5-9-20(22)13-16)15-17-10-11-18-7-3-4-8-19(18)12-17/h3-13,22H,2,14-15H2,1H3. The fourth-order valence-corrected chi connectivity index (χ4v) is 2.79. The molecular weight excluding hydrogens is 270 g/mol. The Kier molecular flexibility index (Phi) is 4.40. The highest BCUT2D eigenvalue weighted by Crippen LogP contribution is 2.18. The van der Waals surface area contributed by atoms with Gasteiger partial charge in [-0.2, -0.15) is 0 Å². The highest BCUT2D eigenvalue weighted by molar-refractivity contribution is 5.82.